The van der Waals surface area contributed by atoms with Crippen LogP contribution in [0.4, 0.5) is 23.2 Å². The van der Waals surface area contributed by atoms with Crippen LogP contribution in [0, 0.1) is 11.6 Å². The first-order valence-corrected chi connectivity index (χ1v) is 3.09. The molecule has 0 spiro atoms. The number of hydrogen-bond acceptors (Lipinski definition) is 1. The highest BCUT2D eigenvalue weighted by molar-refractivity contribution is 5.43. The van der Waals surface area contributed by atoms with E-state index in [1.807, 2.05) is 0 Å². The highest BCUT2D eigenvalue weighted by Crippen LogP contribution is 2.14. The lowest BCUT2D eigenvalue weighted by Crippen LogP contribution is -2.06. The molecule has 0 heterocycles. The van der Waals surface area contributed by atoms with Gasteiger partial charge < -0.3 is 5.32 Å². The topological polar surface area (TPSA) is 12.0 Å². The van der Waals surface area contributed by atoms with E-state index in [1.54, 1.807) is 5.32 Å². The number of hydrogen-bond donors (Lipinski definition) is 1. The molecular formula is C7H5F4N. The number of nitrogens with one attached hydrogen (secondary N) is 1. The molecule has 0 aromatic heterocycles. The van der Waals surface area contributed by atoms with Gasteiger partial charge in [0.15, 0.2) is 11.6 Å². The average molecular weight is 179 g/mol. The Morgan fingerprint density at radius 2 is 1.75 bits per heavy atom. The van der Waals surface area contributed by atoms with Crippen molar-refractivity contribution in [2.24, 2.45) is 0 Å². The summed E-state index contributed by atoms with van der Waals surface area (Å²) in [6, 6.07) is 2.48. The third kappa shape index (κ3) is 2.11. The Labute approximate surface area is 66.0 Å². The molecule has 0 fully saturated rings. The fourth-order valence-electron chi connectivity index (χ4n) is 0.712. The number of benzene rings is 1. The molecule has 0 aliphatic rings. The molecule has 1 rings (SSSR count). The Kier molecular flexibility index (Phi) is 2.52. The van der Waals surface area contributed by atoms with Gasteiger partial charge in [-0.15, -0.1) is 0 Å². The normalized spacial score (nSPS) is 10.4. The van der Waals surface area contributed by atoms with Crippen LogP contribution in [0.3, 0.4) is 0 Å². The van der Waals surface area contributed by atoms with Crippen LogP contribution in [0.1, 0.15) is 0 Å². The SMILES string of the molecule is Fc1ccc(NC(F)F)cc1F. The van der Waals surface area contributed by atoms with Gasteiger partial charge in [0.1, 0.15) is 0 Å². The van der Waals surface area contributed by atoms with Crippen LogP contribution in [0.2, 0.25) is 0 Å². The van der Waals surface area contributed by atoms with Gasteiger partial charge in [0.05, 0.1) is 0 Å². The van der Waals surface area contributed by atoms with Gasteiger partial charge in [-0.25, -0.2) is 8.78 Å². The molecule has 0 saturated carbocycles. The number of halogens is 4. The van der Waals surface area contributed by atoms with Gasteiger partial charge in [0.25, 0.3) is 0 Å². The Balaban J connectivity index is 2.82. The highest BCUT2D eigenvalue weighted by atomic mass is 19.3. The van der Waals surface area contributed by atoms with Crippen molar-refractivity contribution >= 4 is 5.69 Å². The van der Waals surface area contributed by atoms with Crippen molar-refractivity contribution < 1.29 is 17.6 Å². The molecule has 1 aromatic rings. The number of anilines is 1. The van der Waals surface area contributed by atoms with E-state index < -0.39 is 18.2 Å². The van der Waals surface area contributed by atoms with Crippen molar-refractivity contribution in [3.63, 3.8) is 0 Å². The van der Waals surface area contributed by atoms with Crippen molar-refractivity contribution in [1.29, 1.82) is 0 Å². The first-order valence-electron chi connectivity index (χ1n) is 3.09. The zero-order valence-electron chi connectivity index (χ0n) is 5.82. The van der Waals surface area contributed by atoms with Crippen LogP contribution in [-0.2, 0) is 0 Å². The second-order valence-corrected chi connectivity index (χ2v) is 2.07. The van der Waals surface area contributed by atoms with Gasteiger partial charge in [-0.2, -0.15) is 8.78 Å². The average Bonchev–Trinajstić information content (AvgIpc) is 1.96. The maximum absolute atomic E-state index is 12.4. The van der Waals surface area contributed by atoms with Gasteiger partial charge in [0, 0.05) is 11.8 Å². The van der Waals surface area contributed by atoms with Gasteiger partial charge in [-0.05, 0) is 12.1 Å². The number of alkyl halides is 2. The molecule has 5 heteroatoms. The Morgan fingerprint density at radius 3 is 2.25 bits per heavy atom. The standard InChI is InChI=1S/C7H5F4N/c8-5-2-1-4(3-6(5)9)12-7(10)11/h1-3,7,12H. The van der Waals surface area contributed by atoms with Crippen molar-refractivity contribution in [3.05, 3.63) is 29.8 Å². The maximum Gasteiger partial charge on any atom is 0.312 e. The second kappa shape index (κ2) is 3.42. The first-order chi connectivity index (χ1) is 5.59. The lowest BCUT2D eigenvalue weighted by molar-refractivity contribution is 0.181. The van der Waals surface area contributed by atoms with Crippen LogP contribution in [0.15, 0.2) is 18.2 Å². The van der Waals surface area contributed by atoms with E-state index >= 15 is 0 Å². The van der Waals surface area contributed by atoms with Gasteiger partial charge >= 0.3 is 6.55 Å². The van der Waals surface area contributed by atoms with E-state index in [0.29, 0.717) is 6.07 Å². The monoisotopic (exact) mass is 179 g/mol. The first kappa shape index (κ1) is 8.83. The predicted octanol–water partition coefficient (Wildman–Crippen LogP) is 2.60. The summed E-state index contributed by atoms with van der Waals surface area (Å²) in [5.41, 5.74) is -0.149. The van der Waals surface area contributed by atoms with Gasteiger partial charge in [-0.3, -0.25) is 0 Å². The van der Waals surface area contributed by atoms with Crippen molar-refractivity contribution in [1.82, 2.24) is 0 Å². The summed E-state index contributed by atoms with van der Waals surface area (Å²) in [6.45, 7) is -2.78. The summed E-state index contributed by atoms with van der Waals surface area (Å²) in [7, 11) is 0. The fraction of sp³-hybridized carbons (Fsp3) is 0.143. The Morgan fingerprint density at radius 1 is 1.08 bits per heavy atom. The van der Waals surface area contributed by atoms with E-state index in [9.17, 15) is 17.6 Å². The third-order valence-electron chi connectivity index (χ3n) is 1.20. The zero-order chi connectivity index (χ0) is 9.14. The van der Waals surface area contributed by atoms with E-state index in [-0.39, 0.29) is 5.69 Å². The largest absolute Gasteiger partial charge is 0.330 e. The molecule has 0 atom stereocenters. The molecule has 0 radical (unpaired) electrons. The van der Waals surface area contributed by atoms with Crippen LogP contribution in [0.25, 0.3) is 0 Å². The van der Waals surface area contributed by atoms with E-state index in [4.69, 9.17) is 0 Å². The van der Waals surface area contributed by atoms with Crippen LogP contribution >= 0.6 is 0 Å². The molecule has 1 N–H and O–H groups in total. The van der Waals surface area contributed by atoms with Gasteiger partial charge in [-0.1, -0.05) is 0 Å². The molecule has 0 aliphatic heterocycles. The quantitative estimate of drug-likeness (QED) is 0.543. The summed E-state index contributed by atoms with van der Waals surface area (Å²) < 4.78 is 47.9. The van der Waals surface area contributed by atoms with E-state index in [0.717, 1.165) is 12.1 Å². The number of rotatable bonds is 2. The molecule has 1 nitrogen and oxygen atoms in total. The lowest BCUT2D eigenvalue weighted by Gasteiger charge is -2.03. The van der Waals surface area contributed by atoms with Crippen LogP contribution < -0.4 is 5.32 Å². The van der Waals surface area contributed by atoms with Crippen molar-refractivity contribution in [3.8, 4) is 0 Å². The molecule has 1 aromatic carbocycles. The molecule has 0 aliphatic carbocycles. The zero-order valence-corrected chi connectivity index (χ0v) is 5.82. The minimum absolute atomic E-state index is 0.149. The van der Waals surface area contributed by atoms with Crippen LogP contribution in [-0.4, -0.2) is 6.55 Å². The van der Waals surface area contributed by atoms with Gasteiger partial charge in [0.2, 0.25) is 0 Å². The molecule has 66 valence electrons. The molecule has 0 saturated heterocycles. The maximum atomic E-state index is 12.4. The molecule has 0 amide bonds. The summed E-state index contributed by atoms with van der Waals surface area (Å²) in [5, 5.41) is 1.63. The predicted molar refractivity (Wildman–Crippen MR) is 36.0 cm³/mol. The van der Waals surface area contributed by atoms with Crippen molar-refractivity contribution in [2.45, 2.75) is 6.55 Å². The van der Waals surface area contributed by atoms with E-state index in [1.165, 1.54) is 0 Å². The third-order valence-corrected chi connectivity index (χ3v) is 1.20. The molecule has 0 unspecified atom stereocenters. The molecule has 12 heavy (non-hydrogen) atoms. The van der Waals surface area contributed by atoms with Crippen LogP contribution in [0.5, 0.6) is 0 Å². The minimum atomic E-state index is -2.78. The smallest absolute Gasteiger partial charge is 0.312 e. The minimum Gasteiger partial charge on any atom is -0.330 e. The lowest BCUT2D eigenvalue weighted by atomic mass is 10.3. The molecule has 0 bridgehead atoms. The fourth-order valence-corrected chi connectivity index (χ4v) is 0.712. The second-order valence-electron chi connectivity index (χ2n) is 2.07. The summed E-state index contributed by atoms with van der Waals surface area (Å²) in [5.74, 6) is -2.21. The Hall–Kier alpha value is -1.26. The highest BCUT2D eigenvalue weighted by Gasteiger charge is 2.05. The van der Waals surface area contributed by atoms with E-state index in [2.05, 4.69) is 0 Å². The summed E-state index contributed by atoms with van der Waals surface area (Å²) in [4.78, 5) is 0. The summed E-state index contributed by atoms with van der Waals surface area (Å²) >= 11 is 0. The molecular weight excluding hydrogens is 174 g/mol. The Bertz CT molecular complexity index is 274. The summed E-state index contributed by atoms with van der Waals surface area (Å²) in [6.07, 6.45) is 0. The van der Waals surface area contributed by atoms with Crippen molar-refractivity contribution in [2.75, 3.05) is 5.32 Å².